The molecule has 0 radical (unpaired) electrons. The molecule has 5 nitrogen and oxygen atoms in total. The molecule has 0 bridgehead atoms. The van der Waals surface area contributed by atoms with E-state index in [2.05, 4.69) is 41.5 Å². The van der Waals surface area contributed by atoms with E-state index in [1.54, 1.807) is 19.2 Å². The molecular formula is C17H24N4O. The Kier molecular flexibility index (Phi) is 5.20. The van der Waals surface area contributed by atoms with Crippen molar-refractivity contribution in [1.29, 1.82) is 0 Å². The molecule has 5 heteroatoms. The zero-order valence-corrected chi connectivity index (χ0v) is 13.4. The van der Waals surface area contributed by atoms with E-state index in [9.17, 15) is 4.79 Å². The molecule has 0 saturated carbocycles. The third kappa shape index (κ3) is 3.47. The molecule has 2 heterocycles. The number of carbonyl (C=O) groups is 1. The molecule has 1 saturated heterocycles. The predicted octanol–water partition coefficient (Wildman–Crippen LogP) is 2.52. The first-order chi connectivity index (χ1) is 10.6. The number of hydrogen-bond donors (Lipinski definition) is 1. The number of amides is 1. The average molecular weight is 300 g/mol. The van der Waals surface area contributed by atoms with Crippen LogP contribution >= 0.6 is 0 Å². The number of nitrogens with one attached hydrogen (secondary N) is 1. The van der Waals surface area contributed by atoms with Crippen molar-refractivity contribution in [3.63, 3.8) is 0 Å². The van der Waals surface area contributed by atoms with Crippen molar-refractivity contribution in [1.82, 2.24) is 20.0 Å². The summed E-state index contributed by atoms with van der Waals surface area (Å²) in [5.41, 5.74) is 2.88. The summed E-state index contributed by atoms with van der Waals surface area (Å²) in [7, 11) is 2.07. The molecule has 0 aromatic carbocycles. The summed E-state index contributed by atoms with van der Waals surface area (Å²) < 4.78 is 0. The van der Waals surface area contributed by atoms with E-state index < -0.39 is 0 Å². The van der Waals surface area contributed by atoms with Gasteiger partial charge in [-0.25, -0.2) is 0 Å². The first-order valence-corrected chi connectivity index (χ1v) is 7.54. The molecular weight excluding hydrogens is 276 g/mol. The number of carbonyl (C=O) groups excluding carboxylic acids is 1. The van der Waals surface area contributed by atoms with Crippen LogP contribution in [0.1, 0.15) is 31.0 Å². The molecule has 22 heavy (non-hydrogen) atoms. The minimum atomic E-state index is 0.163. The van der Waals surface area contributed by atoms with Crippen molar-refractivity contribution in [2.45, 2.75) is 25.8 Å². The molecule has 0 aliphatic carbocycles. The number of aromatic nitrogens is 2. The Morgan fingerprint density at radius 2 is 2.14 bits per heavy atom. The van der Waals surface area contributed by atoms with Gasteiger partial charge >= 0.3 is 0 Å². The molecule has 0 unspecified atom stereocenters. The van der Waals surface area contributed by atoms with Crippen LogP contribution in [0, 0.1) is 0 Å². The van der Waals surface area contributed by atoms with Gasteiger partial charge in [0.25, 0.3) is 0 Å². The summed E-state index contributed by atoms with van der Waals surface area (Å²) in [4.78, 5) is 15.5. The van der Waals surface area contributed by atoms with Crippen molar-refractivity contribution in [2.24, 2.45) is 0 Å². The van der Waals surface area contributed by atoms with Gasteiger partial charge < -0.3 is 9.80 Å². The first-order valence-electron chi connectivity index (χ1n) is 7.54. The largest absolute Gasteiger partial charge is 0.377 e. The number of piperidine rings is 1. The highest BCUT2D eigenvalue weighted by Gasteiger charge is 2.22. The van der Waals surface area contributed by atoms with Crippen LogP contribution in [0.4, 0.5) is 0 Å². The third-order valence-electron chi connectivity index (χ3n) is 4.23. The molecule has 1 aromatic heterocycles. The molecule has 1 aromatic rings. The maximum atomic E-state index is 11.4. The minimum absolute atomic E-state index is 0.163. The van der Waals surface area contributed by atoms with Crippen LogP contribution in [-0.4, -0.2) is 52.1 Å². The van der Waals surface area contributed by atoms with Crippen LogP contribution in [0.3, 0.4) is 0 Å². The molecule has 1 N–H and O–H groups in total. The Morgan fingerprint density at radius 3 is 2.68 bits per heavy atom. The van der Waals surface area contributed by atoms with Crippen molar-refractivity contribution < 1.29 is 4.79 Å². The summed E-state index contributed by atoms with van der Waals surface area (Å²) in [6.45, 7) is 11.0. The van der Waals surface area contributed by atoms with Gasteiger partial charge in [0.2, 0.25) is 5.91 Å². The van der Waals surface area contributed by atoms with Gasteiger partial charge in [-0.1, -0.05) is 25.3 Å². The van der Waals surface area contributed by atoms with E-state index >= 15 is 0 Å². The van der Waals surface area contributed by atoms with Crippen molar-refractivity contribution in [3.05, 3.63) is 42.9 Å². The molecule has 118 valence electrons. The van der Waals surface area contributed by atoms with Gasteiger partial charge in [0.15, 0.2) is 0 Å². The summed E-state index contributed by atoms with van der Waals surface area (Å²) >= 11 is 0. The van der Waals surface area contributed by atoms with Gasteiger partial charge in [-0.2, -0.15) is 5.10 Å². The van der Waals surface area contributed by atoms with Crippen LogP contribution in [0.15, 0.2) is 31.6 Å². The maximum Gasteiger partial charge on any atom is 0.219 e. The van der Waals surface area contributed by atoms with Crippen LogP contribution < -0.4 is 0 Å². The van der Waals surface area contributed by atoms with Crippen LogP contribution in [0.2, 0.25) is 0 Å². The van der Waals surface area contributed by atoms with Gasteiger partial charge in [-0.05, 0) is 12.8 Å². The fourth-order valence-electron chi connectivity index (χ4n) is 2.81. The topological polar surface area (TPSA) is 52.2 Å². The average Bonchev–Trinajstić information content (AvgIpc) is 3.00. The molecule has 1 fully saturated rings. The second-order valence-corrected chi connectivity index (χ2v) is 5.60. The van der Waals surface area contributed by atoms with E-state index in [0.29, 0.717) is 6.04 Å². The van der Waals surface area contributed by atoms with Gasteiger partial charge in [-0.15, -0.1) is 0 Å². The number of aromatic amines is 1. The Bertz CT molecular complexity index is 579. The Labute approximate surface area is 132 Å². The Morgan fingerprint density at radius 1 is 1.45 bits per heavy atom. The third-order valence-corrected chi connectivity index (χ3v) is 4.23. The minimum Gasteiger partial charge on any atom is -0.377 e. The lowest BCUT2D eigenvalue weighted by molar-refractivity contribution is -0.130. The molecule has 1 aliphatic heterocycles. The highest BCUT2D eigenvalue weighted by atomic mass is 16.2. The molecule has 1 amide bonds. The van der Waals surface area contributed by atoms with Gasteiger partial charge in [0.1, 0.15) is 0 Å². The quantitative estimate of drug-likeness (QED) is 0.850. The van der Waals surface area contributed by atoms with E-state index in [4.69, 9.17) is 0 Å². The normalized spacial score (nSPS) is 16.5. The smallest absolute Gasteiger partial charge is 0.219 e. The van der Waals surface area contributed by atoms with Crippen molar-refractivity contribution in [3.8, 4) is 0 Å². The lowest BCUT2D eigenvalue weighted by Gasteiger charge is -2.36. The van der Waals surface area contributed by atoms with Crippen molar-refractivity contribution >= 4 is 17.6 Å². The van der Waals surface area contributed by atoms with E-state index in [0.717, 1.165) is 42.8 Å². The number of rotatable bonds is 5. The van der Waals surface area contributed by atoms with Crippen molar-refractivity contribution in [2.75, 3.05) is 20.1 Å². The lowest BCUT2D eigenvalue weighted by atomic mass is 10.0. The summed E-state index contributed by atoms with van der Waals surface area (Å²) in [6, 6.07) is 0.431. The van der Waals surface area contributed by atoms with E-state index in [-0.39, 0.29) is 5.91 Å². The highest BCUT2D eigenvalue weighted by Crippen LogP contribution is 2.22. The fraction of sp³-hybridized carbons (Fsp3) is 0.412. The summed E-state index contributed by atoms with van der Waals surface area (Å²) in [5, 5.41) is 7.06. The number of likely N-dealkylation sites (tertiary alicyclic amines) is 1. The first kappa shape index (κ1) is 16.1. The summed E-state index contributed by atoms with van der Waals surface area (Å²) in [6.07, 6.45) is 9.40. The van der Waals surface area contributed by atoms with Gasteiger partial charge in [0.05, 0.1) is 11.9 Å². The second kappa shape index (κ2) is 7.11. The zero-order valence-electron chi connectivity index (χ0n) is 13.4. The monoisotopic (exact) mass is 300 g/mol. The van der Waals surface area contributed by atoms with E-state index in [1.165, 1.54) is 0 Å². The molecule has 0 atom stereocenters. The van der Waals surface area contributed by atoms with E-state index in [1.807, 2.05) is 11.0 Å². The molecule has 2 rings (SSSR count). The van der Waals surface area contributed by atoms with Gasteiger partial charge in [-0.3, -0.25) is 9.89 Å². The van der Waals surface area contributed by atoms with Crippen LogP contribution in [0.5, 0.6) is 0 Å². The van der Waals surface area contributed by atoms with Gasteiger partial charge in [0, 0.05) is 50.4 Å². The fourth-order valence-corrected chi connectivity index (χ4v) is 2.81. The Balaban J connectivity index is 2.09. The van der Waals surface area contributed by atoms with Crippen LogP contribution in [0.25, 0.3) is 11.6 Å². The standard InChI is InChI=1S/C17H24N4O/c1-5-14-11-18-19-17(14)15(6-2)12-20(4)16-7-9-21(10-8-16)13(3)22/h5-6,11-12,16H,1-2,7-10H2,3-4H3,(H,18,19)/b15-12-. The lowest BCUT2D eigenvalue weighted by Crippen LogP contribution is -2.43. The highest BCUT2D eigenvalue weighted by molar-refractivity contribution is 5.76. The number of H-pyrrole nitrogens is 1. The number of allylic oxidation sites excluding steroid dienone is 2. The Hall–Kier alpha value is -2.30. The second-order valence-electron chi connectivity index (χ2n) is 5.60. The SMILES string of the molecule is C=C/C(=C/N(C)C1CCN(C(C)=O)CC1)c1[nH]ncc1C=C. The summed E-state index contributed by atoms with van der Waals surface area (Å²) in [5.74, 6) is 0.163. The molecule has 1 aliphatic rings. The number of hydrogen-bond acceptors (Lipinski definition) is 3. The molecule has 0 spiro atoms. The number of nitrogens with zero attached hydrogens (tertiary/aromatic N) is 3. The predicted molar refractivity (Wildman–Crippen MR) is 89.9 cm³/mol. The van der Waals surface area contributed by atoms with Crippen LogP contribution in [-0.2, 0) is 4.79 Å². The zero-order chi connectivity index (χ0) is 16.1. The maximum absolute atomic E-state index is 11.4.